The zero-order valence-electron chi connectivity index (χ0n) is 11.2. The summed E-state index contributed by atoms with van der Waals surface area (Å²) >= 11 is 5.98. The number of hydrogen-bond donors (Lipinski definition) is 1. The molecule has 2 atom stereocenters. The van der Waals surface area contributed by atoms with Crippen molar-refractivity contribution in [1.29, 1.82) is 0 Å². The van der Waals surface area contributed by atoms with E-state index in [4.69, 9.17) is 16.3 Å². The zero-order chi connectivity index (χ0) is 13.0. The molecule has 2 rings (SSSR count). The molecule has 2 nitrogen and oxygen atoms in total. The van der Waals surface area contributed by atoms with Crippen LogP contribution < -0.4 is 5.32 Å². The first kappa shape index (κ1) is 13.9. The van der Waals surface area contributed by atoms with Crippen molar-refractivity contribution in [2.45, 2.75) is 32.4 Å². The molecule has 1 heterocycles. The van der Waals surface area contributed by atoms with Crippen LogP contribution in [0.4, 0.5) is 0 Å². The minimum absolute atomic E-state index is 0.166. The highest BCUT2D eigenvalue weighted by Gasteiger charge is 2.21. The molecule has 1 aromatic rings. The standard InChI is InChI=1S/C15H22ClNO/c1-11(2)14(9-16)17-10-15-13-6-4-3-5-12(13)7-8-18-15/h3-6,11,14-15,17H,7-10H2,1-2H3. The molecular weight excluding hydrogens is 246 g/mol. The van der Waals surface area contributed by atoms with Gasteiger partial charge in [-0.15, -0.1) is 11.6 Å². The second kappa shape index (κ2) is 6.55. The van der Waals surface area contributed by atoms with Crippen LogP contribution in [0.25, 0.3) is 0 Å². The van der Waals surface area contributed by atoms with Gasteiger partial charge in [0.15, 0.2) is 0 Å². The number of hydrogen-bond acceptors (Lipinski definition) is 2. The Hall–Kier alpha value is -0.570. The molecule has 1 aliphatic rings. The first-order valence-corrected chi connectivity index (χ1v) is 7.24. The van der Waals surface area contributed by atoms with Crippen LogP contribution in [-0.4, -0.2) is 25.1 Å². The van der Waals surface area contributed by atoms with Gasteiger partial charge < -0.3 is 10.1 Å². The molecule has 0 saturated heterocycles. The van der Waals surface area contributed by atoms with E-state index in [1.54, 1.807) is 0 Å². The Morgan fingerprint density at radius 1 is 1.39 bits per heavy atom. The quantitative estimate of drug-likeness (QED) is 0.828. The van der Waals surface area contributed by atoms with Gasteiger partial charge in [-0.2, -0.15) is 0 Å². The number of alkyl halides is 1. The highest BCUT2D eigenvalue weighted by atomic mass is 35.5. The van der Waals surface area contributed by atoms with E-state index in [0.29, 0.717) is 17.8 Å². The third-order valence-corrected chi connectivity index (χ3v) is 3.96. The van der Waals surface area contributed by atoms with Crippen LogP contribution in [0.3, 0.4) is 0 Å². The van der Waals surface area contributed by atoms with E-state index < -0.39 is 0 Å². The van der Waals surface area contributed by atoms with Crippen LogP contribution in [-0.2, 0) is 11.2 Å². The van der Waals surface area contributed by atoms with Crippen molar-refractivity contribution in [3.63, 3.8) is 0 Å². The Labute approximate surface area is 115 Å². The summed E-state index contributed by atoms with van der Waals surface area (Å²) in [6, 6.07) is 8.91. The van der Waals surface area contributed by atoms with Crippen molar-refractivity contribution in [3.8, 4) is 0 Å². The van der Waals surface area contributed by atoms with Crippen molar-refractivity contribution in [3.05, 3.63) is 35.4 Å². The molecule has 0 spiro atoms. The molecule has 0 radical (unpaired) electrons. The molecule has 0 saturated carbocycles. The molecular formula is C15H22ClNO. The van der Waals surface area contributed by atoms with Crippen molar-refractivity contribution in [2.24, 2.45) is 5.92 Å². The summed E-state index contributed by atoms with van der Waals surface area (Å²) in [7, 11) is 0. The Morgan fingerprint density at radius 3 is 2.89 bits per heavy atom. The Kier molecular flexibility index (Phi) is 5.04. The molecule has 0 aliphatic carbocycles. The highest BCUT2D eigenvalue weighted by molar-refractivity contribution is 6.18. The van der Waals surface area contributed by atoms with E-state index in [-0.39, 0.29) is 6.10 Å². The molecule has 0 amide bonds. The fourth-order valence-corrected chi connectivity index (χ4v) is 2.84. The third-order valence-electron chi connectivity index (χ3n) is 3.63. The van der Waals surface area contributed by atoms with Gasteiger partial charge in [-0.1, -0.05) is 38.1 Å². The maximum Gasteiger partial charge on any atom is 0.0952 e. The number of nitrogens with one attached hydrogen (secondary N) is 1. The minimum Gasteiger partial charge on any atom is -0.372 e. The molecule has 0 bridgehead atoms. The van der Waals surface area contributed by atoms with Crippen LogP contribution in [0.5, 0.6) is 0 Å². The van der Waals surface area contributed by atoms with Crippen molar-refractivity contribution in [2.75, 3.05) is 19.0 Å². The molecule has 0 fully saturated rings. The number of fused-ring (bicyclic) bond motifs is 1. The number of benzene rings is 1. The van der Waals surface area contributed by atoms with Crippen LogP contribution in [0.1, 0.15) is 31.1 Å². The van der Waals surface area contributed by atoms with Crippen LogP contribution in [0.15, 0.2) is 24.3 Å². The topological polar surface area (TPSA) is 21.3 Å². The normalized spacial score (nSPS) is 20.8. The largest absolute Gasteiger partial charge is 0.372 e. The van der Waals surface area contributed by atoms with E-state index in [0.717, 1.165) is 19.6 Å². The van der Waals surface area contributed by atoms with Gasteiger partial charge in [0.25, 0.3) is 0 Å². The zero-order valence-corrected chi connectivity index (χ0v) is 11.9. The lowest BCUT2D eigenvalue weighted by Gasteiger charge is -2.29. The van der Waals surface area contributed by atoms with Crippen LogP contribution >= 0.6 is 11.6 Å². The summed E-state index contributed by atoms with van der Waals surface area (Å²) < 4.78 is 5.87. The Bertz CT molecular complexity index is 381. The van der Waals surface area contributed by atoms with Gasteiger partial charge in [-0.3, -0.25) is 0 Å². The SMILES string of the molecule is CC(C)C(CCl)NCC1OCCc2ccccc21. The van der Waals surface area contributed by atoms with E-state index in [1.807, 2.05) is 0 Å². The van der Waals surface area contributed by atoms with Crippen LogP contribution in [0, 0.1) is 5.92 Å². The lowest BCUT2D eigenvalue weighted by molar-refractivity contribution is 0.0401. The maximum absolute atomic E-state index is 5.98. The van der Waals surface area contributed by atoms with E-state index in [9.17, 15) is 0 Å². The molecule has 1 aromatic carbocycles. The average molecular weight is 268 g/mol. The molecule has 18 heavy (non-hydrogen) atoms. The number of rotatable bonds is 5. The number of halogens is 1. The minimum atomic E-state index is 0.166. The molecule has 0 aromatic heterocycles. The first-order chi connectivity index (χ1) is 8.72. The summed E-state index contributed by atoms with van der Waals surface area (Å²) in [6.45, 7) is 6.04. The lowest BCUT2D eigenvalue weighted by atomic mass is 9.97. The highest BCUT2D eigenvalue weighted by Crippen LogP contribution is 2.26. The van der Waals surface area contributed by atoms with Gasteiger partial charge in [0.05, 0.1) is 12.7 Å². The van der Waals surface area contributed by atoms with E-state index in [1.165, 1.54) is 11.1 Å². The predicted octanol–water partition coefficient (Wildman–Crippen LogP) is 3.15. The monoisotopic (exact) mass is 267 g/mol. The van der Waals surface area contributed by atoms with Gasteiger partial charge in [-0.05, 0) is 23.5 Å². The summed E-state index contributed by atoms with van der Waals surface area (Å²) in [6.07, 6.45) is 1.19. The summed E-state index contributed by atoms with van der Waals surface area (Å²) in [5.74, 6) is 1.19. The van der Waals surface area contributed by atoms with Crippen molar-refractivity contribution >= 4 is 11.6 Å². The molecule has 100 valence electrons. The van der Waals surface area contributed by atoms with E-state index in [2.05, 4.69) is 43.4 Å². The Balaban J connectivity index is 1.99. The van der Waals surface area contributed by atoms with Gasteiger partial charge in [0, 0.05) is 18.5 Å². The molecule has 2 unspecified atom stereocenters. The van der Waals surface area contributed by atoms with Gasteiger partial charge >= 0.3 is 0 Å². The predicted molar refractivity (Wildman–Crippen MR) is 76.2 cm³/mol. The Morgan fingerprint density at radius 2 is 2.17 bits per heavy atom. The van der Waals surface area contributed by atoms with Crippen molar-refractivity contribution in [1.82, 2.24) is 5.32 Å². The van der Waals surface area contributed by atoms with Gasteiger partial charge in [-0.25, -0.2) is 0 Å². The maximum atomic E-state index is 5.98. The first-order valence-electron chi connectivity index (χ1n) is 6.71. The second-order valence-electron chi connectivity index (χ2n) is 5.22. The summed E-state index contributed by atoms with van der Waals surface area (Å²) in [5.41, 5.74) is 2.75. The fraction of sp³-hybridized carbons (Fsp3) is 0.600. The average Bonchev–Trinajstić information content (AvgIpc) is 2.39. The summed E-state index contributed by atoms with van der Waals surface area (Å²) in [4.78, 5) is 0. The van der Waals surface area contributed by atoms with Crippen LogP contribution in [0.2, 0.25) is 0 Å². The number of ether oxygens (including phenoxy) is 1. The third kappa shape index (κ3) is 3.25. The smallest absolute Gasteiger partial charge is 0.0952 e. The molecule has 3 heteroatoms. The molecule has 1 aliphatic heterocycles. The summed E-state index contributed by atoms with van der Waals surface area (Å²) in [5, 5.41) is 3.52. The lowest BCUT2D eigenvalue weighted by Crippen LogP contribution is -2.39. The fourth-order valence-electron chi connectivity index (χ4n) is 2.37. The van der Waals surface area contributed by atoms with Gasteiger partial charge in [0.1, 0.15) is 0 Å². The molecule has 1 N–H and O–H groups in total. The second-order valence-corrected chi connectivity index (χ2v) is 5.53. The van der Waals surface area contributed by atoms with Gasteiger partial charge in [0.2, 0.25) is 0 Å². The van der Waals surface area contributed by atoms with Crippen molar-refractivity contribution < 1.29 is 4.74 Å². The van der Waals surface area contributed by atoms with E-state index >= 15 is 0 Å².